The van der Waals surface area contributed by atoms with Crippen LogP contribution in [0.5, 0.6) is 11.5 Å². The molecule has 0 spiro atoms. The van der Waals surface area contributed by atoms with Gasteiger partial charge in [-0.15, -0.1) is 11.5 Å². The second-order valence-corrected chi connectivity index (χ2v) is 15.4. The van der Waals surface area contributed by atoms with Crippen LogP contribution in [0.25, 0.3) is 0 Å². The van der Waals surface area contributed by atoms with Crippen LogP contribution in [0.2, 0.25) is 0 Å². The predicted molar refractivity (Wildman–Crippen MR) is 166 cm³/mol. The molecule has 0 aliphatic carbocycles. The van der Waals surface area contributed by atoms with Gasteiger partial charge in [-0.25, -0.2) is 4.39 Å². The summed E-state index contributed by atoms with van der Waals surface area (Å²) in [6.07, 6.45) is 2.70. The predicted octanol–water partition coefficient (Wildman–Crippen LogP) is 7.87. The zero-order valence-corrected chi connectivity index (χ0v) is 31.3. The van der Waals surface area contributed by atoms with E-state index >= 15 is 0 Å². The van der Waals surface area contributed by atoms with E-state index in [2.05, 4.69) is 117 Å². The smallest absolute Gasteiger partial charge is 0.872 e. The molecule has 0 saturated heterocycles. The molecule has 0 radical (unpaired) electrons. The molecule has 4 nitrogen and oxygen atoms in total. The number of rotatable bonds is 4. The molecular weight excluding hydrogens is 577 g/mol. The minimum Gasteiger partial charge on any atom is -0.872 e. The average molecular weight is 628 g/mol. The Kier molecular flexibility index (Phi) is 12.6. The molecule has 0 fully saturated rings. The Morgan fingerprint density at radius 2 is 1.05 bits per heavy atom. The second kappa shape index (κ2) is 14.0. The van der Waals surface area contributed by atoms with E-state index in [9.17, 15) is 14.6 Å². The van der Waals surface area contributed by atoms with Crippen LogP contribution in [-0.4, -0.2) is 16.9 Å². The summed E-state index contributed by atoms with van der Waals surface area (Å²) in [5.41, 5.74) is 5.12. The Balaban J connectivity index is 0.000000961. The van der Waals surface area contributed by atoms with E-state index in [0.717, 1.165) is 22.3 Å². The monoisotopic (exact) mass is 626 g/mol. The summed E-state index contributed by atoms with van der Waals surface area (Å²) >= 11 is 0. The van der Waals surface area contributed by atoms with Gasteiger partial charge in [0.1, 0.15) is 5.82 Å². The van der Waals surface area contributed by atoms with Crippen molar-refractivity contribution in [3.05, 3.63) is 88.0 Å². The Morgan fingerprint density at radius 1 is 0.667 bits per heavy atom. The van der Waals surface area contributed by atoms with Crippen molar-refractivity contribution in [2.75, 3.05) is 7.05 Å². The second-order valence-electron chi connectivity index (χ2n) is 15.4. The first-order chi connectivity index (χ1) is 18.5. The van der Waals surface area contributed by atoms with Gasteiger partial charge in [0.15, 0.2) is 0 Å². The Morgan fingerprint density at radius 3 is 1.29 bits per heavy atom. The molecule has 0 N–H and O–H groups in total. The van der Waals surface area contributed by atoms with Crippen molar-refractivity contribution >= 4 is 0 Å². The van der Waals surface area contributed by atoms with Gasteiger partial charge in [-0.05, 0) is 74.2 Å². The minimum absolute atomic E-state index is 0. The third-order valence-corrected chi connectivity index (χ3v) is 7.19. The van der Waals surface area contributed by atoms with Gasteiger partial charge in [0, 0.05) is 19.3 Å². The van der Waals surface area contributed by atoms with Crippen LogP contribution in [-0.2, 0) is 54.2 Å². The number of aromatic nitrogens is 1. The molecule has 226 valence electrons. The molecular formula is C36H51FN2O2Zn. The first kappa shape index (κ1) is 37.7. The zero-order chi connectivity index (χ0) is 31.6. The van der Waals surface area contributed by atoms with Gasteiger partial charge < -0.3 is 10.2 Å². The number of hydrogen-bond acceptors (Lipinski definition) is 4. The topological polar surface area (TPSA) is 62.2 Å². The molecule has 42 heavy (non-hydrogen) atoms. The van der Waals surface area contributed by atoms with E-state index in [1.54, 1.807) is 6.07 Å². The van der Waals surface area contributed by atoms with Crippen molar-refractivity contribution in [2.45, 2.75) is 118 Å². The summed E-state index contributed by atoms with van der Waals surface area (Å²) in [6, 6.07) is 11.2. The van der Waals surface area contributed by atoms with E-state index in [4.69, 9.17) is 0 Å². The molecule has 0 bridgehead atoms. The average Bonchev–Trinajstić information content (AvgIpc) is 2.79. The fraction of sp³-hybridized carbons (Fsp3) is 0.528. The van der Waals surface area contributed by atoms with Crippen molar-refractivity contribution in [3.63, 3.8) is 0 Å². The molecule has 1 aromatic heterocycles. The fourth-order valence-electron chi connectivity index (χ4n) is 4.57. The van der Waals surface area contributed by atoms with Crippen molar-refractivity contribution in [1.29, 1.82) is 0 Å². The third-order valence-electron chi connectivity index (χ3n) is 7.19. The Bertz CT molecular complexity index is 1230. The van der Waals surface area contributed by atoms with Crippen molar-refractivity contribution in [1.82, 2.24) is 9.88 Å². The molecule has 0 aliphatic rings. The van der Waals surface area contributed by atoms with Crippen LogP contribution in [0.4, 0.5) is 4.39 Å². The van der Waals surface area contributed by atoms with Gasteiger partial charge in [-0.3, -0.25) is 9.88 Å². The number of nitrogens with zero attached hydrogens (tertiary/aromatic N) is 2. The van der Waals surface area contributed by atoms with E-state index in [0.29, 0.717) is 13.1 Å². The standard InChI is InChI=1S/C31H49NO2.C5H4FN.Zn/c1-28(2,3)22-14-20(26(33)24(16-22)30(7,8)9)18-32(13)19-21-15-23(29(4,5)6)17-25(27(21)34)31(10,11)12;6-5-2-1-3-7-4-5;/h14-17,33-34H,18-19H2,1-13H3;1-4H;/q;;+2/p-2. The van der Waals surface area contributed by atoms with Crippen molar-refractivity contribution < 1.29 is 34.1 Å². The van der Waals surface area contributed by atoms with Crippen LogP contribution in [0, 0.1) is 5.82 Å². The molecule has 0 unspecified atom stereocenters. The molecule has 2 aromatic carbocycles. The summed E-state index contributed by atoms with van der Waals surface area (Å²) in [6.45, 7) is 26.7. The van der Waals surface area contributed by atoms with Gasteiger partial charge in [0.2, 0.25) is 0 Å². The van der Waals surface area contributed by atoms with Crippen LogP contribution in [0.3, 0.4) is 0 Å². The number of hydrogen-bond donors (Lipinski definition) is 0. The quantitative estimate of drug-likeness (QED) is 0.276. The minimum atomic E-state index is -0.289. The number of halogens is 1. The largest absolute Gasteiger partial charge is 2.00 e. The summed E-state index contributed by atoms with van der Waals surface area (Å²) in [7, 11) is 2.00. The molecule has 0 amide bonds. The first-order valence-electron chi connectivity index (χ1n) is 14.5. The van der Waals surface area contributed by atoms with Crippen LogP contribution in [0.15, 0.2) is 48.8 Å². The summed E-state index contributed by atoms with van der Waals surface area (Å²) < 4.78 is 11.8. The maximum absolute atomic E-state index is 13.4. The van der Waals surface area contributed by atoms with Crippen LogP contribution < -0.4 is 10.2 Å². The van der Waals surface area contributed by atoms with Crippen molar-refractivity contribution in [3.8, 4) is 11.5 Å². The molecule has 0 saturated carbocycles. The van der Waals surface area contributed by atoms with E-state index in [-0.39, 0.29) is 58.5 Å². The van der Waals surface area contributed by atoms with Gasteiger partial charge in [0.25, 0.3) is 0 Å². The van der Waals surface area contributed by atoms with Crippen LogP contribution in [0.1, 0.15) is 116 Å². The third kappa shape index (κ3) is 10.5. The SMILES string of the molecule is CN(Cc1cc(C(C)(C)C)cc(C(C)(C)C)c1[O-])Cc1cc(C(C)(C)C)cc(C(C)(C)C)c1[O-].Fc1cccnc1.[Zn+2]. The molecule has 0 aliphatic heterocycles. The normalized spacial score (nSPS) is 12.5. The van der Waals surface area contributed by atoms with Crippen molar-refractivity contribution in [2.24, 2.45) is 0 Å². The van der Waals surface area contributed by atoms with Gasteiger partial charge in [-0.1, -0.05) is 107 Å². The van der Waals surface area contributed by atoms with Crippen LogP contribution >= 0.6 is 0 Å². The Hall–Kier alpha value is -2.30. The maximum atomic E-state index is 13.4. The van der Waals surface area contributed by atoms with Gasteiger partial charge in [0.05, 0.1) is 6.20 Å². The zero-order valence-electron chi connectivity index (χ0n) is 28.3. The maximum Gasteiger partial charge on any atom is 2.00 e. The molecule has 1 heterocycles. The van der Waals surface area contributed by atoms with E-state index in [1.807, 2.05) is 7.05 Å². The van der Waals surface area contributed by atoms with E-state index in [1.165, 1.54) is 29.6 Å². The molecule has 0 atom stereocenters. The van der Waals surface area contributed by atoms with Gasteiger partial charge in [-0.2, -0.15) is 0 Å². The first-order valence-corrected chi connectivity index (χ1v) is 14.5. The van der Waals surface area contributed by atoms with Gasteiger partial charge >= 0.3 is 19.5 Å². The Labute approximate surface area is 267 Å². The fourth-order valence-corrected chi connectivity index (χ4v) is 4.57. The summed E-state index contributed by atoms with van der Waals surface area (Å²) in [5, 5.41) is 26.9. The molecule has 6 heteroatoms. The summed E-state index contributed by atoms with van der Waals surface area (Å²) in [5.74, 6) is -0.0514. The number of benzene rings is 2. The molecule has 3 aromatic rings. The number of pyridine rings is 1. The summed E-state index contributed by atoms with van der Waals surface area (Å²) in [4.78, 5) is 5.61. The molecule has 3 rings (SSSR count). The van der Waals surface area contributed by atoms with E-state index < -0.39 is 0 Å².